The second-order valence-corrected chi connectivity index (χ2v) is 7.25. The van der Waals surface area contributed by atoms with E-state index in [2.05, 4.69) is 17.4 Å². The van der Waals surface area contributed by atoms with Crippen molar-refractivity contribution < 1.29 is 19.2 Å². The minimum Gasteiger partial charge on any atom is -0.497 e. The Morgan fingerprint density at radius 2 is 1.75 bits per heavy atom. The van der Waals surface area contributed by atoms with E-state index < -0.39 is 0 Å². The summed E-state index contributed by atoms with van der Waals surface area (Å²) in [6, 6.07) is 16.0. The molecule has 3 rings (SSSR count). The number of carbonyl (C=O) groups is 1. The minimum atomic E-state index is -0.0449. The largest absolute Gasteiger partial charge is 0.497 e. The van der Waals surface area contributed by atoms with Gasteiger partial charge in [0.05, 0.1) is 26.9 Å². The number of ether oxygens (including phenoxy) is 2. The second-order valence-electron chi connectivity index (χ2n) is 7.25. The summed E-state index contributed by atoms with van der Waals surface area (Å²) in [5.74, 6) is 0.793. The molecule has 2 aromatic carbocycles. The third-order valence-corrected chi connectivity index (χ3v) is 5.26. The van der Waals surface area contributed by atoms with Crippen LogP contribution in [0.1, 0.15) is 22.0 Å². The predicted molar refractivity (Wildman–Crippen MR) is 110 cm³/mol. The Hall–Kier alpha value is -2.57. The van der Waals surface area contributed by atoms with Crippen LogP contribution in [0.2, 0.25) is 0 Å². The molecule has 1 saturated heterocycles. The lowest BCUT2D eigenvalue weighted by atomic mass is 10.0. The number of amides is 1. The van der Waals surface area contributed by atoms with Crippen molar-refractivity contribution in [2.45, 2.75) is 6.04 Å². The minimum absolute atomic E-state index is 0.0449. The highest BCUT2D eigenvalue weighted by atomic mass is 16.5. The van der Waals surface area contributed by atoms with Crippen molar-refractivity contribution in [2.75, 3.05) is 59.0 Å². The van der Waals surface area contributed by atoms with E-state index in [1.807, 2.05) is 55.4 Å². The number of nitrogens with one attached hydrogen (secondary N) is 2. The topological polar surface area (TPSA) is 55.2 Å². The van der Waals surface area contributed by atoms with Crippen LogP contribution in [-0.2, 0) is 4.74 Å². The molecule has 6 heteroatoms. The van der Waals surface area contributed by atoms with E-state index in [4.69, 9.17) is 9.47 Å². The van der Waals surface area contributed by atoms with Gasteiger partial charge in [-0.05, 0) is 48.5 Å². The number of hydrogen-bond donors (Lipinski definition) is 2. The number of rotatable bonds is 7. The van der Waals surface area contributed by atoms with Gasteiger partial charge in [0.1, 0.15) is 24.9 Å². The van der Waals surface area contributed by atoms with E-state index in [1.54, 1.807) is 7.11 Å². The third kappa shape index (κ3) is 5.03. The standard InChI is InChI=1S/C22H29N3O3/c1-24(2)19-8-4-18(5-9-19)22(26)23-16-21(25-12-14-28-15-13-25)17-6-10-20(27-3)11-7-17/h4-11,21H,12-16H2,1-3H3,(H,23,26)/p+1/t21-/m1/s1. The van der Waals surface area contributed by atoms with Gasteiger partial charge in [-0.1, -0.05) is 0 Å². The van der Waals surface area contributed by atoms with E-state index in [-0.39, 0.29) is 11.9 Å². The number of nitrogens with zero attached hydrogens (tertiary/aromatic N) is 1. The number of methoxy groups -OCH3 is 1. The van der Waals surface area contributed by atoms with Crippen molar-refractivity contribution in [1.29, 1.82) is 0 Å². The van der Waals surface area contributed by atoms with Gasteiger partial charge in [-0.2, -0.15) is 0 Å². The van der Waals surface area contributed by atoms with Gasteiger partial charge in [-0.25, -0.2) is 0 Å². The summed E-state index contributed by atoms with van der Waals surface area (Å²) in [4.78, 5) is 16.1. The van der Waals surface area contributed by atoms with E-state index in [0.29, 0.717) is 12.1 Å². The monoisotopic (exact) mass is 384 g/mol. The van der Waals surface area contributed by atoms with Crippen LogP contribution in [-0.4, -0.2) is 60.0 Å². The van der Waals surface area contributed by atoms with Gasteiger partial charge < -0.3 is 24.6 Å². The van der Waals surface area contributed by atoms with Crippen molar-refractivity contribution in [3.8, 4) is 5.75 Å². The Balaban J connectivity index is 1.70. The first-order chi connectivity index (χ1) is 13.6. The molecule has 2 N–H and O–H groups in total. The zero-order valence-corrected chi connectivity index (χ0v) is 16.9. The number of quaternary nitrogens is 1. The van der Waals surface area contributed by atoms with Crippen LogP contribution in [0.15, 0.2) is 48.5 Å². The molecular weight excluding hydrogens is 354 g/mol. The van der Waals surface area contributed by atoms with Gasteiger partial charge in [-0.3, -0.25) is 4.79 Å². The second kappa shape index (κ2) is 9.57. The van der Waals surface area contributed by atoms with Gasteiger partial charge in [0, 0.05) is 30.9 Å². The zero-order chi connectivity index (χ0) is 19.9. The molecule has 0 spiro atoms. The molecule has 0 unspecified atom stereocenters. The predicted octanol–water partition coefficient (Wildman–Crippen LogP) is 1.15. The fourth-order valence-electron chi connectivity index (χ4n) is 3.52. The summed E-state index contributed by atoms with van der Waals surface area (Å²) >= 11 is 0. The Bertz CT molecular complexity index is 754. The number of morpholine rings is 1. The van der Waals surface area contributed by atoms with Crippen LogP contribution in [0.5, 0.6) is 5.75 Å². The zero-order valence-electron chi connectivity index (χ0n) is 16.9. The number of benzene rings is 2. The van der Waals surface area contributed by atoms with E-state index in [9.17, 15) is 4.79 Å². The first-order valence-electron chi connectivity index (χ1n) is 9.70. The molecule has 0 radical (unpaired) electrons. The highest BCUT2D eigenvalue weighted by Gasteiger charge is 2.27. The summed E-state index contributed by atoms with van der Waals surface area (Å²) in [6.07, 6.45) is 0. The van der Waals surface area contributed by atoms with E-state index in [0.717, 1.165) is 37.7 Å². The molecular formula is C22H30N3O3+. The maximum atomic E-state index is 12.7. The Kier molecular flexibility index (Phi) is 6.90. The van der Waals surface area contributed by atoms with Gasteiger partial charge in [0.15, 0.2) is 0 Å². The highest BCUT2D eigenvalue weighted by molar-refractivity contribution is 5.94. The van der Waals surface area contributed by atoms with Gasteiger partial charge in [0.25, 0.3) is 5.91 Å². The normalized spacial score (nSPS) is 15.7. The fraction of sp³-hybridized carbons (Fsp3) is 0.409. The summed E-state index contributed by atoms with van der Waals surface area (Å²) < 4.78 is 10.8. The SMILES string of the molecule is COc1ccc([C@@H](CNC(=O)c2ccc(N(C)C)cc2)[NH+]2CCOCC2)cc1. The number of carbonyl (C=O) groups excluding carboxylic acids is 1. The van der Waals surface area contributed by atoms with Crippen molar-refractivity contribution in [3.63, 3.8) is 0 Å². The number of anilines is 1. The molecule has 1 fully saturated rings. The van der Waals surface area contributed by atoms with Gasteiger partial charge in [-0.15, -0.1) is 0 Å². The lowest BCUT2D eigenvalue weighted by molar-refractivity contribution is -0.937. The number of hydrogen-bond acceptors (Lipinski definition) is 4. The smallest absolute Gasteiger partial charge is 0.251 e. The average Bonchev–Trinajstić information content (AvgIpc) is 2.75. The maximum absolute atomic E-state index is 12.7. The Morgan fingerprint density at radius 1 is 1.11 bits per heavy atom. The summed E-state index contributed by atoms with van der Waals surface area (Å²) in [5, 5.41) is 3.13. The molecule has 0 bridgehead atoms. The Labute approximate surface area is 167 Å². The average molecular weight is 385 g/mol. The molecule has 150 valence electrons. The summed E-state index contributed by atoms with van der Waals surface area (Å²) in [5.41, 5.74) is 2.95. The maximum Gasteiger partial charge on any atom is 0.251 e. The van der Waals surface area contributed by atoms with Crippen molar-refractivity contribution in [2.24, 2.45) is 0 Å². The molecule has 1 heterocycles. The van der Waals surface area contributed by atoms with Crippen molar-refractivity contribution >= 4 is 11.6 Å². The molecule has 1 atom stereocenters. The van der Waals surface area contributed by atoms with Crippen LogP contribution in [0, 0.1) is 0 Å². The molecule has 6 nitrogen and oxygen atoms in total. The molecule has 28 heavy (non-hydrogen) atoms. The molecule has 1 amide bonds. The Morgan fingerprint density at radius 3 is 2.32 bits per heavy atom. The first kappa shape index (κ1) is 20.2. The quantitative estimate of drug-likeness (QED) is 0.752. The molecule has 2 aromatic rings. The summed E-state index contributed by atoms with van der Waals surface area (Å²) in [7, 11) is 5.64. The van der Waals surface area contributed by atoms with E-state index >= 15 is 0 Å². The van der Waals surface area contributed by atoms with Gasteiger partial charge >= 0.3 is 0 Å². The lowest BCUT2D eigenvalue weighted by Gasteiger charge is -2.32. The molecule has 1 aliphatic rings. The lowest BCUT2D eigenvalue weighted by Crippen LogP contribution is -3.15. The van der Waals surface area contributed by atoms with Crippen molar-refractivity contribution in [3.05, 3.63) is 59.7 Å². The van der Waals surface area contributed by atoms with Crippen LogP contribution in [0.4, 0.5) is 5.69 Å². The molecule has 1 aliphatic heterocycles. The third-order valence-electron chi connectivity index (χ3n) is 5.26. The van der Waals surface area contributed by atoms with Crippen LogP contribution >= 0.6 is 0 Å². The fourth-order valence-corrected chi connectivity index (χ4v) is 3.52. The van der Waals surface area contributed by atoms with Crippen LogP contribution < -0.4 is 19.9 Å². The van der Waals surface area contributed by atoms with Crippen LogP contribution in [0.3, 0.4) is 0 Å². The van der Waals surface area contributed by atoms with Crippen molar-refractivity contribution in [1.82, 2.24) is 5.32 Å². The molecule has 0 saturated carbocycles. The van der Waals surface area contributed by atoms with Crippen LogP contribution in [0.25, 0.3) is 0 Å². The first-order valence-corrected chi connectivity index (χ1v) is 9.70. The molecule has 0 aliphatic carbocycles. The summed E-state index contributed by atoms with van der Waals surface area (Å²) in [6.45, 7) is 3.95. The van der Waals surface area contributed by atoms with Gasteiger partial charge in [0.2, 0.25) is 0 Å². The highest BCUT2D eigenvalue weighted by Crippen LogP contribution is 2.16. The molecule has 0 aromatic heterocycles. The van der Waals surface area contributed by atoms with E-state index in [1.165, 1.54) is 10.5 Å².